The van der Waals surface area contributed by atoms with Gasteiger partial charge in [-0.05, 0) is 23.4 Å². The number of thiophene rings is 1. The molecule has 2 atom stereocenters. The van der Waals surface area contributed by atoms with E-state index in [-0.39, 0.29) is 36.6 Å². The molecule has 0 aliphatic carbocycles. The van der Waals surface area contributed by atoms with Crippen LogP contribution >= 0.6 is 11.3 Å². The predicted molar refractivity (Wildman–Crippen MR) is 90.3 cm³/mol. The number of carbonyl (C=O) groups is 1. The Morgan fingerprint density at radius 2 is 2.22 bits per heavy atom. The molecule has 0 aromatic carbocycles. The number of nitrogens with one attached hydrogen (secondary N) is 1. The standard InChI is InChI=1S/C16H21N3O3S/c1-3-11(2)13(10-20)17-15(21)9-19-16(22)7-6-12(18-19)14-5-4-8-23-14/h4-8,11,13,20H,3,9-10H2,1-2H3,(H,17,21)/t11-,13-/m1/s1. The fourth-order valence-electron chi connectivity index (χ4n) is 2.16. The maximum atomic E-state index is 12.1. The van der Waals surface area contributed by atoms with Crippen molar-refractivity contribution < 1.29 is 9.90 Å². The van der Waals surface area contributed by atoms with Crippen molar-refractivity contribution >= 4 is 17.2 Å². The summed E-state index contributed by atoms with van der Waals surface area (Å²) in [7, 11) is 0. The molecule has 2 aromatic heterocycles. The Balaban J connectivity index is 2.11. The van der Waals surface area contributed by atoms with Crippen molar-refractivity contribution in [3.63, 3.8) is 0 Å². The highest BCUT2D eigenvalue weighted by Gasteiger charge is 2.18. The van der Waals surface area contributed by atoms with E-state index in [0.717, 1.165) is 16.0 Å². The van der Waals surface area contributed by atoms with Gasteiger partial charge in [-0.1, -0.05) is 26.3 Å². The highest BCUT2D eigenvalue weighted by atomic mass is 32.1. The maximum Gasteiger partial charge on any atom is 0.267 e. The van der Waals surface area contributed by atoms with Crippen molar-refractivity contribution in [3.8, 4) is 10.6 Å². The summed E-state index contributed by atoms with van der Waals surface area (Å²) in [4.78, 5) is 25.0. The van der Waals surface area contributed by atoms with Crippen LogP contribution in [0.25, 0.3) is 10.6 Å². The van der Waals surface area contributed by atoms with Crippen LogP contribution in [0.4, 0.5) is 0 Å². The van der Waals surface area contributed by atoms with Gasteiger partial charge in [0, 0.05) is 6.07 Å². The molecule has 7 heteroatoms. The van der Waals surface area contributed by atoms with Crippen LogP contribution in [-0.2, 0) is 11.3 Å². The van der Waals surface area contributed by atoms with Crippen LogP contribution in [0.15, 0.2) is 34.4 Å². The molecule has 124 valence electrons. The predicted octanol–water partition coefficient (Wildman–Crippen LogP) is 1.49. The molecule has 0 saturated carbocycles. The summed E-state index contributed by atoms with van der Waals surface area (Å²) >= 11 is 1.52. The van der Waals surface area contributed by atoms with Crippen LogP contribution in [0, 0.1) is 5.92 Å². The molecule has 0 aliphatic rings. The molecule has 2 rings (SSSR count). The number of aliphatic hydroxyl groups excluding tert-OH is 1. The van der Waals surface area contributed by atoms with Crippen LogP contribution in [0.2, 0.25) is 0 Å². The highest BCUT2D eigenvalue weighted by molar-refractivity contribution is 7.13. The van der Waals surface area contributed by atoms with E-state index in [9.17, 15) is 14.7 Å². The van der Waals surface area contributed by atoms with Gasteiger partial charge < -0.3 is 10.4 Å². The Hall–Kier alpha value is -1.99. The van der Waals surface area contributed by atoms with E-state index in [4.69, 9.17) is 0 Å². The summed E-state index contributed by atoms with van der Waals surface area (Å²) in [6.07, 6.45) is 0.845. The third-order valence-corrected chi connectivity index (χ3v) is 4.70. The molecule has 0 radical (unpaired) electrons. The van der Waals surface area contributed by atoms with Crippen molar-refractivity contribution in [2.45, 2.75) is 32.9 Å². The first-order chi connectivity index (χ1) is 11.0. The van der Waals surface area contributed by atoms with Crippen molar-refractivity contribution in [2.75, 3.05) is 6.61 Å². The van der Waals surface area contributed by atoms with E-state index in [2.05, 4.69) is 10.4 Å². The molecule has 6 nitrogen and oxygen atoms in total. The van der Waals surface area contributed by atoms with Gasteiger partial charge >= 0.3 is 0 Å². The lowest BCUT2D eigenvalue weighted by Crippen LogP contribution is -2.44. The topological polar surface area (TPSA) is 84.2 Å². The minimum Gasteiger partial charge on any atom is -0.394 e. The Labute approximate surface area is 138 Å². The average Bonchev–Trinajstić information content (AvgIpc) is 3.08. The molecule has 1 amide bonds. The van der Waals surface area contributed by atoms with Gasteiger partial charge in [0.25, 0.3) is 5.56 Å². The van der Waals surface area contributed by atoms with E-state index in [1.165, 1.54) is 17.4 Å². The summed E-state index contributed by atoms with van der Waals surface area (Å²) < 4.78 is 1.15. The van der Waals surface area contributed by atoms with Crippen LogP contribution < -0.4 is 10.9 Å². The van der Waals surface area contributed by atoms with Gasteiger partial charge in [-0.3, -0.25) is 9.59 Å². The van der Waals surface area contributed by atoms with Crippen molar-refractivity contribution in [1.82, 2.24) is 15.1 Å². The van der Waals surface area contributed by atoms with E-state index >= 15 is 0 Å². The zero-order valence-corrected chi connectivity index (χ0v) is 14.0. The quantitative estimate of drug-likeness (QED) is 0.803. The highest BCUT2D eigenvalue weighted by Crippen LogP contribution is 2.21. The van der Waals surface area contributed by atoms with Gasteiger partial charge in [0.15, 0.2) is 0 Å². The molecular formula is C16H21N3O3S. The molecule has 0 saturated heterocycles. The normalized spacial score (nSPS) is 13.5. The third kappa shape index (κ3) is 4.49. The van der Waals surface area contributed by atoms with E-state index < -0.39 is 0 Å². The summed E-state index contributed by atoms with van der Waals surface area (Å²) in [6.45, 7) is 3.67. The second-order valence-corrected chi connectivity index (χ2v) is 6.38. The molecule has 2 heterocycles. The minimum absolute atomic E-state index is 0.127. The summed E-state index contributed by atoms with van der Waals surface area (Å²) in [6, 6.07) is 6.56. The molecule has 0 unspecified atom stereocenters. The van der Waals surface area contributed by atoms with Crippen LogP contribution in [-0.4, -0.2) is 33.4 Å². The Kier molecular flexibility index (Phi) is 6.06. The third-order valence-electron chi connectivity index (χ3n) is 3.81. The summed E-state index contributed by atoms with van der Waals surface area (Å²) in [5.74, 6) is -0.173. The van der Waals surface area contributed by atoms with Gasteiger partial charge in [-0.15, -0.1) is 11.3 Å². The van der Waals surface area contributed by atoms with Gasteiger partial charge in [0.05, 0.1) is 17.5 Å². The number of aliphatic hydroxyl groups is 1. The number of hydrogen-bond acceptors (Lipinski definition) is 5. The SMILES string of the molecule is CC[C@@H](C)[C@@H](CO)NC(=O)Cn1nc(-c2cccs2)ccc1=O. The maximum absolute atomic E-state index is 12.1. The number of amides is 1. The second kappa shape index (κ2) is 8.03. The Morgan fingerprint density at radius 3 is 2.83 bits per heavy atom. The smallest absolute Gasteiger partial charge is 0.267 e. The van der Waals surface area contributed by atoms with Crippen molar-refractivity contribution in [3.05, 3.63) is 40.0 Å². The molecule has 0 bridgehead atoms. The Morgan fingerprint density at radius 1 is 1.43 bits per heavy atom. The number of rotatable bonds is 7. The van der Waals surface area contributed by atoms with Crippen LogP contribution in [0.5, 0.6) is 0 Å². The van der Waals surface area contributed by atoms with Gasteiger partial charge in [0.1, 0.15) is 12.2 Å². The second-order valence-electron chi connectivity index (χ2n) is 5.43. The van der Waals surface area contributed by atoms with E-state index in [1.807, 2.05) is 31.4 Å². The van der Waals surface area contributed by atoms with E-state index in [1.54, 1.807) is 6.07 Å². The van der Waals surface area contributed by atoms with Crippen LogP contribution in [0.3, 0.4) is 0 Å². The molecule has 0 spiro atoms. The molecular weight excluding hydrogens is 314 g/mol. The molecule has 0 aliphatic heterocycles. The fourth-order valence-corrected chi connectivity index (χ4v) is 2.85. The van der Waals surface area contributed by atoms with Crippen LogP contribution in [0.1, 0.15) is 20.3 Å². The van der Waals surface area contributed by atoms with Crippen molar-refractivity contribution in [2.24, 2.45) is 5.92 Å². The summed E-state index contributed by atoms with van der Waals surface area (Å²) in [5, 5.41) is 18.3. The Bertz CT molecular complexity index is 697. The van der Waals surface area contributed by atoms with E-state index in [0.29, 0.717) is 5.69 Å². The lowest BCUT2D eigenvalue weighted by atomic mass is 10.00. The summed E-state index contributed by atoms with van der Waals surface area (Å²) in [5.41, 5.74) is 0.331. The van der Waals surface area contributed by atoms with Gasteiger partial charge in [-0.25, -0.2) is 4.68 Å². The number of hydrogen-bond donors (Lipinski definition) is 2. The zero-order valence-electron chi connectivity index (χ0n) is 13.2. The molecule has 0 fully saturated rings. The largest absolute Gasteiger partial charge is 0.394 e. The number of carbonyl (C=O) groups excluding carboxylic acids is 1. The first-order valence-electron chi connectivity index (χ1n) is 7.57. The molecule has 23 heavy (non-hydrogen) atoms. The van der Waals surface area contributed by atoms with Gasteiger partial charge in [-0.2, -0.15) is 5.10 Å². The lowest BCUT2D eigenvalue weighted by Gasteiger charge is -2.22. The van der Waals surface area contributed by atoms with Crippen molar-refractivity contribution in [1.29, 1.82) is 0 Å². The first-order valence-corrected chi connectivity index (χ1v) is 8.45. The zero-order chi connectivity index (χ0) is 16.8. The number of nitrogens with zero attached hydrogens (tertiary/aromatic N) is 2. The minimum atomic E-state index is -0.331. The lowest BCUT2D eigenvalue weighted by molar-refractivity contribution is -0.123. The number of aromatic nitrogens is 2. The first kappa shape index (κ1) is 17.4. The van der Waals surface area contributed by atoms with Gasteiger partial charge in [0.2, 0.25) is 5.91 Å². The molecule has 2 aromatic rings. The fraction of sp³-hybridized carbons (Fsp3) is 0.438. The monoisotopic (exact) mass is 335 g/mol. The average molecular weight is 335 g/mol. The molecule has 2 N–H and O–H groups in total.